The maximum atomic E-state index is 13.7. The van der Waals surface area contributed by atoms with E-state index >= 15 is 0 Å². The van der Waals surface area contributed by atoms with E-state index in [2.05, 4.69) is 17.3 Å². The number of anilines is 2. The Morgan fingerprint density at radius 3 is 2.50 bits per heavy atom. The summed E-state index contributed by atoms with van der Waals surface area (Å²) in [5.74, 6) is 0.412. The van der Waals surface area contributed by atoms with Crippen molar-refractivity contribution in [2.24, 2.45) is 0 Å². The van der Waals surface area contributed by atoms with Gasteiger partial charge in [0, 0.05) is 50.7 Å². The van der Waals surface area contributed by atoms with Crippen LogP contribution in [-0.4, -0.2) is 74.9 Å². The van der Waals surface area contributed by atoms with Gasteiger partial charge in [-0.2, -0.15) is 0 Å². The molecule has 0 aromatic heterocycles. The molecule has 4 rings (SSSR count). The minimum absolute atomic E-state index is 0.219. The molecular formula is C33H39ClN4O4. The summed E-state index contributed by atoms with van der Waals surface area (Å²) in [6.07, 6.45) is 3.55. The number of likely N-dealkylation sites (N-methyl/N-ethyl adjacent to an activating group) is 1. The molecule has 1 aliphatic heterocycles. The lowest BCUT2D eigenvalue weighted by atomic mass is 9.98. The molecule has 0 saturated carbocycles. The number of nitrogens with zero attached hydrogens (tertiary/aromatic N) is 3. The summed E-state index contributed by atoms with van der Waals surface area (Å²) in [4.78, 5) is 43.2. The van der Waals surface area contributed by atoms with Crippen molar-refractivity contribution in [2.75, 3.05) is 57.1 Å². The van der Waals surface area contributed by atoms with Gasteiger partial charge in [0.2, 0.25) is 12.3 Å². The van der Waals surface area contributed by atoms with E-state index in [9.17, 15) is 14.4 Å². The average Bonchev–Trinajstić information content (AvgIpc) is 2.99. The smallest absolute Gasteiger partial charge is 0.260 e. The van der Waals surface area contributed by atoms with Crippen molar-refractivity contribution in [3.8, 4) is 16.9 Å². The third-order valence-electron chi connectivity index (χ3n) is 7.66. The van der Waals surface area contributed by atoms with E-state index in [0.717, 1.165) is 62.1 Å². The number of benzene rings is 3. The molecule has 0 bridgehead atoms. The second kappa shape index (κ2) is 14.8. The van der Waals surface area contributed by atoms with Gasteiger partial charge in [-0.15, -0.1) is 0 Å². The van der Waals surface area contributed by atoms with E-state index in [0.29, 0.717) is 47.1 Å². The highest BCUT2D eigenvalue weighted by atomic mass is 35.5. The summed E-state index contributed by atoms with van der Waals surface area (Å²) >= 11 is 6.28. The summed E-state index contributed by atoms with van der Waals surface area (Å²) in [6.45, 7) is 5.89. The Kier molecular flexibility index (Phi) is 11.0. The molecule has 42 heavy (non-hydrogen) atoms. The third-order valence-corrected chi connectivity index (χ3v) is 7.89. The molecule has 1 heterocycles. The minimum Gasteiger partial charge on any atom is -0.491 e. The van der Waals surface area contributed by atoms with Crippen LogP contribution < -0.4 is 15.0 Å². The predicted octanol–water partition coefficient (Wildman–Crippen LogP) is 5.87. The van der Waals surface area contributed by atoms with Crippen molar-refractivity contribution in [1.29, 1.82) is 0 Å². The normalized spacial score (nSPS) is 13.5. The molecule has 8 nitrogen and oxygen atoms in total. The molecule has 1 aliphatic rings. The van der Waals surface area contributed by atoms with Crippen LogP contribution in [0.25, 0.3) is 11.1 Å². The number of unbranched alkanes of at least 4 members (excludes halogenated alkanes) is 2. The van der Waals surface area contributed by atoms with Crippen LogP contribution in [0.5, 0.6) is 5.75 Å². The molecule has 222 valence electrons. The second-order valence-corrected chi connectivity index (χ2v) is 11.1. The van der Waals surface area contributed by atoms with Crippen molar-refractivity contribution in [3.63, 3.8) is 0 Å². The van der Waals surface area contributed by atoms with Gasteiger partial charge >= 0.3 is 0 Å². The first-order chi connectivity index (χ1) is 20.3. The molecule has 3 amide bonds. The quantitative estimate of drug-likeness (QED) is 0.211. The zero-order valence-corrected chi connectivity index (χ0v) is 25.3. The van der Waals surface area contributed by atoms with E-state index in [1.807, 2.05) is 48.2 Å². The van der Waals surface area contributed by atoms with Crippen LogP contribution in [0.2, 0.25) is 5.02 Å². The van der Waals surface area contributed by atoms with Crippen molar-refractivity contribution in [1.82, 2.24) is 9.80 Å². The Morgan fingerprint density at radius 2 is 1.76 bits per heavy atom. The first kappa shape index (κ1) is 31.1. The second-order valence-electron chi connectivity index (χ2n) is 10.7. The lowest BCUT2D eigenvalue weighted by Crippen LogP contribution is -2.47. The highest BCUT2D eigenvalue weighted by Gasteiger charge is 2.22. The molecule has 0 atom stereocenters. The van der Waals surface area contributed by atoms with Gasteiger partial charge < -0.3 is 24.8 Å². The number of piperazine rings is 1. The molecule has 0 spiro atoms. The molecule has 3 aromatic rings. The van der Waals surface area contributed by atoms with Crippen molar-refractivity contribution >= 4 is 41.2 Å². The lowest BCUT2D eigenvalue weighted by molar-refractivity contribution is -0.132. The van der Waals surface area contributed by atoms with E-state index in [-0.39, 0.29) is 11.8 Å². The first-order valence-electron chi connectivity index (χ1n) is 14.4. The molecule has 9 heteroatoms. The van der Waals surface area contributed by atoms with Gasteiger partial charge in [0.15, 0.2) is 0 Å². The van der Waals surface area contributed by atoms with Crippen molar-refractivity contribution < 1.29 is 19.1 Å². The zero-order chi connectivity index (χ0) is 30.1. The monoisotopic (exact) mass is 590 g/mol. The highest BCUT2D eigenvalue weighted by molar-refractivity contribution is 6.31. The Morgan fingerprint density at radius 1 is 1.00 bits per heavy atom. The highest BCUT2D eigenvalue weighted by Crippen LogP contribution is 2.34. The Balaban J connectivity index is 1.38. The van der Waals surface area contributed by atoms with Crippen LogP contribution in [0.4, 0.5) is 11.4 Å². The Hall–Kier alpha value is -3.88. The number of carbonyl (C=O) groups is 3. The van der Waals surface area contributed by atoms with Crippen LogP contribution in [0.3, 0.4) is 0 Å². The van der Waals surface area contributed by atoms with Gasteiger partial charge in [-0.3, -0.25) is 14.4 Å². The van der Waals surface area contributed by atoms with Crippen LogP contribution >= 0.6 is 11.6 Å². The molecule has 3 aromatic carbocycles. The summed E-state index contributed by atoms with van der Waals surface area (Å²) in [5, 5.41) is 3.19. The molecular weight excluding hydrogens is 552 g/mol. The fourth-order valence-corrected chi connectivity index (χ4v) is 5.26. The maximum Gasteiger partial charge on any atom is 0.260 e. The van der Waals surface area contributed by atoms with Crippen LogP contribution in [0.1, 0.15) is 41.6 Å². The van der Waals surface area contributed by atoms with Gasteiger partial charge in [-0.1, -0.05) is 41.9 Å². The van der Waals surface area contributed by atoms with Gasteiger partial charge in [-0.25, -0.2) is 0 Å². The molecule has 1 saturated heterocycles. The number of hydrogen-bond donors (Lipinski definition) is 1. The number of amides is 3. The lowest BCUT2D eigenvalue weighted by Gasteiger charge is -2.32. The fourth-order valence-electron chi connectivity index (χ4n) is 5.10. The first-order valence-corrected chi connectivity index (χ1v) is 14.7. The van der Waals surface area contributed by atoms with Crippen LogP contribution in [0.15, 0.2) is 60.7 Å². The molecule has 0 aliphatic carbocycles. The number of carbonyl (C=O) groups excluding carboxylic acids is 3. The number of halogens is 1. The SMILES string of the molecule is Cc1ccccc1-c1ccc(C(=O)N(C)c2ccc(Cl)cc2OCCCCCC(=O)N2CCN(C)CC2)c(NC=O)c1. The predicted molar refractivity (Wildman–Crippen MR) is 169 cm³/mol. The number of nitrogens with one attached hydrogen (secondary N) is 1. The zero-order valence-electron chi connectivity index (χ0n) is 24.6. The average molecular weight is 591 g/mol. The Bertz CT molecular complexity index is 1400. The molecule has 0 radical (unpaired) electrons. The summed E-state index contributed by atoms with van der Waals surface area (Å²) in [7, 11) is 3.75. The minimum atomic E-state index is -0.301. The van der Waals surface area contributed by atoms with E-state index in [1.54, 1.807) is 31.3 Å². The third kappa shape index (κ3) is 7.89. The van der Waals surface area contributed by atoms with Gasteiger partial charge in [0.1, 0.15) is 5.75 Å². The van der Waals surface area contributed by atoms with E-state index < -0.39 is 0 Å². The van der Waals surface area contributed by atoms with E-state index in [4.69, 9.17) is 16.3 Å². The van der Waals surface area contributed by atoms with Crippen LogP contribution in [-0.2, 0) is 9.59 Å². The summed E-state index contributed by atoms with van der Waals surface area (Å²) < 4.78 is 6.08. The van der Waals surface area contributed by atoms with Crippen molar-refractivity contribution in [3.05, 3.63) is 76.8 Å². The summed E-state index contributed by atoms with van der Waals surface area (Å²) in [6, 6.07) is 18.5. The van der Waals surface area contributed by atoms with Crippen LogP contribution in [0, 0.1) is 6.92 Å². The number of ether oxygens (including phenoxy) is 1. The number of rotatable bonds is 12. The summed E-state index contributed by atoms with van der Waals surface area (Å²) in [5.41, 5.74) is 4.36. The van der Waals surface area contributed by atoms with Gasteiger partial charge in [-0.05, 0) is 74.2 Å². The number of aryl methyl sites for hydroxylation is 1. The van der Waals surface area contributed by atoms with Gasteiger partial charge in [0.25, 0.3) is 5.91 Å². The maximum absolute atomic E-state index is 13.7. The fraction of sp³-hybridized carbons (Fsp3) is 0.364. The number of hydrogen-bond acceptors (Lipinski definition) is 5. The molecule has 1 N–H and O–H groups in total. The van der Waals surface area contributed by atoms with Gasteiger partial charge in [0.05, 0.1) is 23.5 Å². The topological polar surface area (TPSA) is 82.2 Å². The van der Waals surface area contributed by atoms with E-state index in [1.165, 1.54) is 4.90 Å². The molecule has 0 unspecified atom stereocenters. The standard InChI is InChI=1S/C33H39ClN4O4/c1-24-9-6-7-10-27(24)25-12-14-28(29(21-25)35-23-39)33(41)37(3)30-15-13-26(34)22-31(30)42-20-8-4-5-11-32(40)38-18-16-36(2)17-19-38/h6-7,9-10,12-15,21-23H,4-5,8,11,16-20H2,1-3H3,(H,35,39). The largest absolute Gasteiger partial charge is 0.491 e. The van der Waals surface area contributed by atoms with Crippen molar-refractivity contribution in [2.45, 2.75) is 32.6 Å². The molecule has 1 fully saturated rings. The Labute approximate surface area is 253 Å².